The molecule has 0 spiro atoms. The first-order chi connectivity index (χ1) is 8.40. The Morgan fingerprint density at radius 2 is 2.29 bits per heavy atom. The van der Waals surface area contributed by atoms with Crippen LogP contribution in [0.1, 0.15) is 25.3 Å². The minimum Gasteiger partial charge on any atom is -0.381 e. The molecule has 1 aromatic rings. The molecule has 4 heteroatoms. The topological polar surface area (TPSA) is 34.2 Å². The highest BCUT2D eigenvalue weighted by molar-refractivity contribution is 7.99. The molecular formula is C13H20N2OS. The fraction of sp³-hybridized carbons (Fsp3) is 0.615. The monoisotopic (exact) mass is 252 g/mol. The zero-order valence-electron chi connectivity index (χ0n) is 10.3. The van der Waals surface area contributed by atoms with Crippen LogP contribution in [0.15, 0.2) is 18.3 Å². The van der Waals surface area contributed by atoms with Crippen molar-refractivity contribution in [1.29, 1.82) is 0 Å². The maximum Gasteiger partial charge on any atom is 0.129 e. The van der Waals surface area contributed by atoms with E-state index in [9.17, 15) is 0 Å². The van der Waals surface area contributed by atoms with Gasteiger partial charge in [-0.2, -0.15) is 11.8 Å². The second-order valence-corrected chi connectivity index (χ2v) is 5.45. The molecule has 0 aromatic carbocycles. The average molecular weight is 252 g/mol. The lowest BCUT2D eigenvalue weighted by molar-refractivity contribution is 0.1000. The summed E-state index contributed by atoms with van der Waals surface area (Å²) in [5, 5.41) is 4.06. The summed E-state index contributed by atoms with van der Waals surface area (Å²) in [5.41, 5.74) is 1.31. The zero-order valence-corrected chi connectivity index (χ0v) is 11.1. The quantitative estimate of drug-likeness (QED) is 0.873. The molecule has 0 radical (unpaired) electrons. The SMILES string of the molecule is CCNc1ncccc1CSC1CCOCC1. The molecule has 0 aliphatic carbocycles. The molecule has 1 aromatic heterocycles. The van der Waals surface area contributed by atoms with Crippen molar-refractivity contribution in [1.82, 2.24) is 4.98 Å². The van der Waals surface area contributed by atoms with Crippen molar-refractivity contribution in [3.05, 3.63) is 23.9 Å². The molecule has 2 rings (SSSR count). The highest BCUT2D eigenvalue weighted by atomic mass is 32.2. The van der Waals surface area contributed by atoms with Crippen molar-refractivity contribution in [2.45, 2.75) is 30.8 Å². The van der Waals surface area contributed by atoms with Crippen LogP contribution < -0.4 is 5.32 Å². The van der Waals surface area contributed by atoms with Crippen LogP contribution in [0, 0.1) is 0 Å². The van der Waals surface area contributed by atoms with Crippen molar-refractivity contribution >= 4 is 17.6 Å². The largest absolute Gasteiger partial charge is 0.381 e. The minimum atomic E-state index is 0.749. The normalized spacial score (nSPS) is 17.0. The number of hydrogen-bond donors (Lipinski definition) is 1. The zero-order chi connectivity index (χ0) is 11.9. The smallest absolute Gasteiger partial charge is 0.129 e. The van der Waals surface area contributed by atoms with Crippen molar-refractivity contribution in [2.24, 2.45) is 0 Å². The van der Waals surface area contributed by atoms with Gasteiger partial charge in [0.1, 0.15) is 5.82 Å². The highest BCUT2D eigenvalue weighted by Gasteiger charge is 2.14. The van der Waals surface area contributed by atoms with Crippen LogP contribution in [-0.2, 0) is 10.5 Å². The summed E-state index contributed by atoms with van der Waals surface area (Å²) in [6, 6.07) is 4.18. The molecule has 0 amide bonds. The molecular weight excluding hydrogens is 232 g/mol. The number of nitrogens with zero attached hydrogens (tertiary/aromatic N) is 1. The maximum absolute atomic E-state index is 5.38. The van der Waals surface area contributed by atoms with E-state index in [4.69, 9.17) is 4.74 Å². The van der Waals surface area contributed by atoms with E-state index in [1.165, 1.54) is 18.4 Å². The molecule has 1 saturated heterocycles. The highest BCUT2D eigenvalue weighted by Crippen LogP contribution is 2.27. The standard InChI is InChI=1S/C13H20N2OS/c1-2-14-13-11(4-3-7-15-13)10-17-12-5-8-16-9-6-12/h3-4,7,12H,2,5-6,8-10H2,1H3,(H,14,15). The van der Waals surface area contributed by atoms with E-state index in [0.717, 1.165) is 36.6 Å². The Labute approximate surface area is 107 Å². The minimum absolute atomic E-state index is 0.749. The van der Waals surface area contributed by atoms with Crippen LogP contribution in [-0.4, -0.2) is 30.0 Å². The number of nitrogens with one attached hydrogen (secondary N) is 1. The van der Waals surface area contributed by atoms with Crippen molar-refractivity contribution in [3.8, 4) is 0 Å². The fourth-order valence-corrected chi connectivity index (χ4v) is 3.11. The molecule has 1 N–H and O–H groups in total. The number of hydrogen-bond acceptors (Lipinski definition) is 4. The van der Waals surface area contributed by atoms with E-state index >= 15 is 0 Å². The van der Waals surface area contributed by atoms with Crippen LogP contribution >= 0.6 is 11.8 Å². The summed E-state index contributed by atoms with van der Waals surface area (Å²) < 4.78 is 5.38. The van der Waals surface area contributed by atoms with Crippen LogP contribution in [0.3, 0.4) is 0 Å². The van der Waals surface area contributed by atoms with E-state index in [1.807, 2.05) is 24.0 Å². The Balaban J connectivity index is 1.88. The first-order valence-corrected chi connectivity index (χ1v) is 7.32. The van der Waals surface area contributed by atoms with Gasteiger partial charge in [0.05, 0.1) is 0 Å². The number of anilines is 1. The number of thioether (sulfide) groups is 1. The molecule has 0 bridgehead atoms. The Morgan fingerprint density at radius 1 is 1.47 bits per heavy atom. The van der Waals surface area contributed by atoms with E-state index in [1.54, 1.807) is 0 Å². The van der Waals surface area contributed by atoms with Gasteiger partial charge in [0.15, 0.2) is 0 Å². The molecule has 0 atom stereocenters. The summed E-state index contributed by atoms with van der Waals surface area (Å²) in [4.78, 5) is 4.38. The predicted octanol–water partition coefficient (Wildman–Crippen LogP) is 2.93. The number of pyridine rings is 1. The Morgan fingerprint density at radius 3 is 3.06 bits per heavy atom. The van der Waals surface area contributed by atoms with E-state index in [-0.39, 0.29) is 0 Å². The number of rotatable bonds is 5. The Kier molecular flexibility index (Phi) is 5.13. The summed E-state index contributed by atoms with van der Waals surface area (Å²) in [7, 11) is 0. The van der Waals surface area contributed by atoms with Gasteiger partial charge in [0.2, 0.25) is 0 Å². The van der Waals surface area contributed by atoms with Gasteiger partial charge in [-0.05, 0) is 25.8 Å². The van der Waals surface area contributed by atoms with Gasteiger partial charge in [-0.15, -0.1) is 0 Å². The first kappa shape index (κ1) is 12.7. The maximum atomic E-state index is 5.38. The first-order valence-electron chi connectivity index (χ1n) is 6.27. The third kappa shape index (κ3) is 3.89. The molecule has 17 heavy (non-hydrogen) atoms. The van der Waals surface area contributed by atoms with E-state index in [0.29, 0.717) is 0 Å². The van der Waals surface area contributed by atoms with Crippen LogP contribution in [0.4, 0.5) is 5.82 Å². The summed E-state index contributed by atoms with van der Waals surface area (Å²) >= 11 is 2.03. The summed E-state index contributed by atoms with van der Waals surface area (Å²) in [6.45, 7) is 4.87. The van der Waals surface area contributed by atoms with Gasteiger partial charge in [-0.3, -0.25) is 0 Å². The van der Waals surface area contributed by atoms with Gasteiger partial charge in [-0.25, -0.2) is 4.98 Å². The molecule has 1 aliphatic rings. The third-order valence-electron chi connectivity index (χ3n) is 2.88. The van der Waals surface area contributed by atoms with Crippen LogP contribution in [0.25, 0.3) is 0 Å². The lowest BCUT2D eigenvalue weighted by atomic mass is 10.2. The van der Waals surface area contributed by atoms with Gasteiger partial charge < -0.3 is 10.1 Å². The number of ether oxygens (including phenoxy) is 1. The second kappa shape index (κ2) is 6.87. The fourth-order valence-electron chi connectivity index (χ4n) is 1.93. The van der Waals surface area contributed by atoms with Crippen molar-refractivity contribution in [3.63, 3.8) is 0 Å². The molecule has 0 unspecified atom stereocenters. The molecule has 1 aliphatic heterocycles. The Bertz CT molecular complexity index is 340. The lowest BCUT2D eigenvalue weighted by Gasteiger charge is -2.21. The second-order valence-electron chi connectivity index (χ2n) is 4.16. The molecule has 3 nitrogen and oxygen atoms in total. The molecule has 1 fully saturated rings. The van der Waals surface area contributed by atoms with Gasteiger partial charge >= 0.3 is 0 Å². The summed E-state index contributed by atoms with van der Waals surface area (Å²) in [5.74, 6) is 2.08. The third-order valence-corrected chi connectivity index (χ3v) is 4.30. The van der Waals surface area contributed by atoms with Crippen LogP contribution in [0.2, 0.25) is 0 Å². The molecule has 2 heterocycles. The van der Waals surface area contributed by atoms with Crippen molar-refractivity contribution in [2.75, 3.05) is 25.1 Å². The van der Waals surface area contributed by atoms with Gasteiger partial charge in [-0.1, -0.05) is 6.07 Å². The van der Waals surface area contributed by atoms with Gasteiger partial charge in [0.25, 0.3) is 0 Å². The van der Waals surface area contributed by atoms with Crippen molar-refractivity contribution < 1.29 is 4.74 Å². The van der Waals surface area contributed by atoms with E-state index in [2.05, 4.69) is 23.3 Å². The average Bonchev–Trinajstić information content (AvgIpc) is 2.39. The predicted molar refractivity (Wildman–Crippen MR) is 73.5 cm³/mol. The number of aromatic nitrogens is 1. The molecule has 0 saturated carbocycles. The molecule has 94 valence electrons. The lowest BCUT2D eigenvalue weighted by Crippen LogP contribution is -2.17. The van der Waals surface area contributed by atoms with Crippen LogP contribution in [0.5, 0.6) is 0 Å². The Hall–Kier alpha value is -0.740. The van der Waals surface area contributed by atoms with E-state index < -0.39 is 0 Å². The van der Waals surface area contributed by atoms with Gasteiger partial charge in [0, 0.05) is 42.5 Å². The summed E-state index contributed by atoms with van der Waals surface area (Å²) in [6.07, 6.45) is 4.21.